The van der Waals surface area contributed by atoms with Gasteiger partial charge in [-0.2, -0.15) is 0 Å². The molecule has 0 saturated carbocycles. The van der Waals surface area contributed by atoms with Crippen LogP contribution in [0.3, 0.4) is 0 Å². The monoisotopic (exact) mass is 117 g/mol. The lowest BCUT2D eigenvalue weighted by atomic mass is 10.5. The van der Waals surface area contributed by atoms with Crippen LogP contribution in [-0.4, -0.2) is 24.8 Å². The van der Waals surface area contributed by atoms with Crippen molar-refractivity contribution >= 4 is 18.2 Å². The number of hydrogen-bond acceptors (Lipinski definition) is 1. The second-order valence-electron chi connectivity index (χ2n) is 2.00. The first-order valence-electron chi connectivity index (χ1n) is 2.63. The Hall–Kier alpha value is 0.394. The van der Waals surface area contributed by atoms with Crippen molar-refractivity contribution in [2.45, 2.75) is 12.5 Å². The first kappa shape index (κ1) is 4.55. The first-order valence-corrected chi connectivity index (χ1v) is 8.64. The smallest absolute Gasteiger partial charge is 0.0879 e. The Kier molecular flexibility index (Phi) is 1.44. The van der Waals surface area contributed by atoms with Gasteiger partial charge in [0.05, 0.1) is 8.48 Å². The lowest BCUT2D eigenvalue weighted by Crippen LogP contribution is -2.26. The van der Waals surface area contributed by atoms with Gasteiger partial charge in [0.1, 0.15) is 0 Å². The maximum Gasteiger partial charge on any atom is 0.0879 e. The molecule has 0 spiro atoms. The Balaban J connectivity index is 2.18. The molecule has 0 aromatic carbocycles. The largest absolute Gasteiger partial charge is 0.342 e. The average molecular weight is 117 g/mol. The normalized spacial score (nSPS) is 35.0. The molecule has 6 heavy (non-hydrogen) atoms. The van der Waals surface area contributed by atoms with Gasteiger partial charge in [-0.3, -0.25) is 0 Å². The summed E-state index contributed by atoms with van der Waals surface area (Å²) in [6.45, 7) is 1.33. The summed E-state index contributed by atoms with van der Waals surface area (Å²) in [6.07, 6.45) is 1.47. The summed E-state index contributed by atoms with van der Waals surface area (Å²) in [5.41, 5.74) is 0. The summed E-state index contributed by atoms with van der Waals surface area (Å²) in [6, 6.07) is 1.58. The molecular formula is C3H11NSi2. The van der Waals surface area contributed by atoms with Crippen molar-refractivity contribution < 1.29 is 0 Å². The lowest BCUT2D eigenvalue weighted by Gasteiger charge is -1.92. The molecule has 3 heteroatoms. The van der Waals surface area contributed by atoms with Crippen LogP contribution < -0.4 is 4.98 Å². The van der Waals surface area contributed by atoms with E-state index in [2.05, 4.69) is 4.98 Å². The SMILES string of the molecule is [SiH3][SiH]1CCCN1. The van der Waals surface area contributed by atoms with E-state index in [1.807, 2.05) is 0 Å². The Bertz CT molecular complexity index is 42.1. The second-order valence-corrected chi connectivity index (χ2v) is 8.97. The molecule has 1 aliphatic rings. The van der Waals surface area contributed by atoms with Crippen molar-refractivity contribution in [3.8, 4) is 0 Å². The van der Waals surface area contributed by atoms with Gasteiger partial charge in [0.25, 0.3) is 0 Å². The van der Waals surface area contributed by atoms with Gasteiger partial charge < -0.3 is 4.98 Å². The zero-order valence-corrected chi connectivity index (χ0v) is 7.35. The molecule has 1 atom stereocenters. The summed E-state index contributed by atoms with van der Waals surface area (Å²) >= 11 is 0. The Morgan fingerprint density at radius 2 is 2.50 bits per heavy atom. The van der Waals surface area contributed by atoms with E-state index in [1.54, 1.807) is 6.04 Å². The highest BCUT2D eigenvalue weighted by Crippen LogP contribution is 1.96. The zero-order chi connectivity index (χ0) is 4.41. The summed E-state index contributed by atoms with van der Waals surface area (Å²) in [4.78, 5) is 3.52. The van der Waals surface area contributed by atoms with E-state index in [9.17, 15) is 0 Å². The molecule has 0 radical (unpaired) electrons. The van der Waals surface area contributed by atoms with Crippen LogP contribution in [0.2, 0.25) is 6.04 Å². The summed E-state index contributed by atoms with van der Waals surface area (Å²) in [5.74, 6) is 0. The van der Waals surface area contributed by atoms with Gasteiger partial charge in [-0.15, -0.1) is 0 Å². The molecule has 36 valence electrons. The molecule has 0 amide bonds. The molecule has 1 heterocycles. The third-order valence-electron chi connectivity index (χ3n) is 1.31. The molecule has 1 aliphatic heterocycles. The van der Waals surface area contributed by atoms with Crippen LogP contribution in [0.15, 0.2) is 0 Å². The van der Waals surface area contributed by atoms with Crippen LogP contribution in [-0.2, 0) is 0 Å². The van der Waals surface area contributed by atoms with Crippen molar-refractivity contribution in [1.82, 2.24) is 4.98 Å². The lowest BCUT2D eigenvalue weighted by molar-refractivity contribution is 0.932. The zero-order valence-electron chi connectivity index (χ0n) is 4.20. The van der Waals surface area contributed by atoms with Gasteiger partial charge in [0.15, 0.2) is 0 Å². The fourth-order valence-electron chi connectivity index (χ4n) is 0.859. The number of nitrogens with one attached hydrogen (secondary N) is 1. The minimum absolute atomic E-state index is 0.160. The van der Waals surface area contributed by atoms with Crippen LogP contribution in [0, 0.1) is 0 Å². The fraction of sp³-hybridized carbons (Fsp3) is 1.00. The molecule has 1 saturated heterocycles. The molecule has 1 unspecified atom stereocenters. The Labute approximate surface area is 43.0 Å². The van der Waals surface area contributed by atoms with E-state index in [1.165, 1.54) is 22.7 Å². The van der Waals surface area contributed by atoms with Crippen LogP contribution in [0.5, 0.6) is 0 Å². The van der Waals surface area contributed by atoms with Gasteiger partial charge in [0.2, 0.25) is 0 Å². The predicted molar refractivity (Wildman–Crippen MR) is 34.5 cm³/mol. The molecule has 0 aliphatic carbocycles. The Morgan fingerprint density at radius 1 is 1.67 bits per heavy atom. The maximum atomic E-state index is 3.52. The highest BCUT2D eigenvalue weighted by molar-refractivity contribution is 7.02. The van der Waals surface area contributed by atoms with Gasteiger partial charge >= 0.3 is 0 Å². The standard InChI is InChI=1S/C3H11NSi2/c5-6-3-1-2-4-6/h4,6H,1-3H2,5H3. The molecule has 1 N–H and O–H groups in total. The molecule has 1 rings (SSSR count). The van der Waals surface area contributed by atoms with E-state index in [0.29, 0.717) is 0 Å². The predicted octanol–water partition coefficient (Wildman–Crippen LogP) is -1.43. The third-order valence-corrected chi connectivity index (χ3v) is 6.52. The van der Waals surface area contributed by atoms with Gasteiger partial charge in [-0.1, -0.05) is 0 Å². The van der Waals surface area contributed by atoms with Crippen molar-refractivity contribution in [2.24, 2.45) is 0 Å². The van der Waals surface area contributed by atoms with E-state index in [-0.39, 0.29) is 8.48 Å². The van der Waals surface area contributed by atoms with E-state index in [0.717, 1.165) is 0 Å². The third kappa shape index (κ3) is 0.926. The molecule has 0 aromatic rings. The van der Waals surface area contributed by atoms with Gasteiger partial charge in [0, 0.05) is 9.76 Å². The molecule has 0 aromatic heterocycles. The minimum atomic E-state index is -0.160. The van der Waals surface area contributed by atoms with Crippen LogP contribution in [0.1, 0.15) is 6.42 Å². The van der Waals surface area contributed by atoms with Gasteiger partial charge in [-0.25, -0.2) is 0 Å². The maximum absolute atomic E-state index is 3.52. The Morgan fingerprint density at radius 3 is 2.67 bits per heavy atom. The summed E-state index contributed by atoms with van der Waals surface area (Å²) in [7, 11) is 1.32. The van der Waals surface area contributed by atoms with Crippen LogP contribution in [0.4, 0.5) is 0 Å². The van der Waals surface area contributed by atoms with Crippen LogP contribution >= 0.6 is 0 Å². The quantitative estimate of drug-likeness (QED) is 0.383. The number of hydrogen-bond donors (Lipinski definition) is 1. The van der Waals surface area contributed by atoms with E-state index >= 15 is 0 Å². The fourth-order valence-corrected chi connectivity index (χ4v) is 4.67. The minimum Gasteiger partial charge on any atom is -0.342 e. The van der Waals surface area contributed by atoms with Crippen molar-refractivity contribution in [3.05, 3.63) is 0 Å². The van der Waals surface area contributed by atoms with Crippen molar-refractivity contribution in [1.29, 1.82) is 0 Å². The highest BCUT2D eigenvalue weighted by atomic mass is 29.2. The van der Waals surface area contributed by atoms with Crippen molar-refractivity contribution in [2.75, 3.05) is 6.54 Å². The molecule has 0 bridgehead atoms. The van der Waals surface area contributed by atoms with E-state index < -0.39 is 0 Å². The first-order chi connectivity index (χ1) is 2.89. The highest BCUT2D eigenvalue weighted by Gasteiger charge is 2.07. The topological polar surface area (TPSA) is 12.0 Å². The number of rotatable bonds is 0. The van der Waals surface area contributed by atoms with E-state index in [4.69, 9.17) is 0 Å². The summed E-state index contributed by atoms with van der Waals surface area (Å²) < 4.78 is 0. The molecular weight excluding hydrogens is 106 g/mol. The molecule has 1 fully saturated rings. The van der Waals surface area contributed by atoms with Crippen LogP contribution in [0.25, 0.3) is 0 Å². The second kappa shape index (κ2) is 1.90. The average Bonchev–Trinajstić information content (AvgIpc) is 1.86. The molecule has 1 nitrogen and oxygen atoms in total. The van der Waals surface area contributed by atoms with Crippen molar-refractivity contribution in [3.63, 3.8) is 0 Å². The van der Waals surface area contributed by atoms with Gasteiger partial charge in [-0.05, 0) is 19.0 Å². The summed E-state index contributed by atoms with van der Waals surface area (Å²) in [5, 5.41) is 0.